The maximum absolute atomic E-state index is 13.6. The number of nitrogens with zero attached hydrogens (tertiary/aromatic N) is 4. The lowest BCUT2D eigenvalue weighted by molar-refractivity contribution is -0.136. The summed E-state index contributed by atoms with van der Waals surface area (Å²) in [5.41, 5.74) is -1.13. The number of carbonyl (C=O) groups is 1. The third kappa shape index (κ3) is 2.41. The molecule has 0 spiro atoms. The lowest BCUT2D eigenvalue weighted by atomic mass is 10.1. The first-order valence-corrected chi connectivity index (χ1v) is 7.21. The summed E-state index contributed by atoms with van der Waals surface area (Å²) in [6, 6.07) is 0.915. The van der Waals surface area contributed by atoms with Gasteiger partial charge in [-0.1, -0.05) is 0 Å². The lowest BCUT2D eigenvalue weighted by Gasteiger charge is -2.11. The van der Waals surface area contributed by atoms with Crippen LogP contribution >= 0.6 is 0 Å². The number of hydrogen-bond donors (Lipinski definition) is 3. The molecule has 3 N–H and O–H groups in total. The van der Waals surface area contributed by atoms with Gasteiger partial charge in [0.15, 0.2) is 11.3 Å². The van der Waals surface area contributed by atoms with Crippen molar-refractivity contribution in [2.75, 3.05) is 0 Å². The molecule has 0 fully saturated rings. The van der Waals surface area contributed by atoms with Crippen molar-refractivity contribution in [3.05, 3.63) is 48.3 Å². The SMILES string of the molecule is O=C(O)c1nc2c(C(F)(F)F)cc(-c3cn[nH]c3)cn2c1-c1cn[nH]c1. The Hall–Kier alpha value is -3.63. The fraction of sp³-hybridized carbons (Fsp3) is 0.0667. The third-order valence-electron chi connectivity index (χ3n) is 3.83. The molecule has 11 heteroatoms. The predicted octanol–water partition coefficient (Wildman–Crippen LogP) is 2.83. The number of fused-ring (bicyclic) bond motifs is 1. The molecule has 0 bridgehead atoms. The van der Waals surface area contributed by atoms with Crippen molar-refractivity contribution in [1.82, 2.24) is 29.8 Å². The van der Waals surface area contributed by atoms with E-state index in [0.717, 1.165) is 10.5 Å². The molecule has 4 rings (SSSR count). The monoisotopic (exact) mass is 362 g/mol. The van der Waals surface area contributed by atoms with Gasteiger partial charge in [0.05, 0.1) is 23.7 Å². The van der Waals surface area contributed by atoms with E-state index in [9.17, 15) is 23.1 Å². The number of halogens is 3. The molecule has 0 atom stereocenters. The van der Waals surface area contributed by atoms with E-state index < -0.39 is 29.1 Å². The zero-order chi connectivity index (χ0) is 18.5. The molecule has 26 heavy (non-hydrogen) atoms. The maximum Gasteiger partial charge on any atom is 0.420 e. The molecular weight excluding hydrogens is 353 g/mol. The number of hydrogen-bond acceptors (Lipinski definition) is 4. The highest BCUT2D eigenvalue weighted by atomic mass is 19.4. The van der Waals surface area contributed by atoms with Crippen LogP contribution in [0.15, 0.2) is 37.1 Å². The first kappa shape index (κ1) is 15.9. The van der Waals surface area contributed by atoms with Crippen LogP contribution in [0.3, 0.4) is 0 Å². The van der Waals surface area contributed by atoms with E-state index in [1.165, 1.54) is 31.0 Å². The Labute approximate surface area is 142 Å². The van der Waals surface area contributed by atoms with Gasteiger partial charge in [0.2, 0.25) is 0 Å². The number of carboxylic acids is 1. The second-order valence-electron chi connectivity index (χ2n) is 5.42. The molecule has 4 heterocycles. The second-order valence-corrected chi connectivity index (χ2v) is 5.42. The van der Waals surface area contributed by atoms with Crippen LogP contribution in [0.4, 0.5) is 13.2 Å². The van der Waals surface area contributed by atoms with Crippen LogP contribution in [0, 0.1) is 0 Å². The summed E-state index contributed by atoms with van der Waals surface area (Å²) in [6.07, 6.45) is 2.16. The number of aromatic nitrogens is 6. The number of aromatic carboxylic acids is 1. The van der Waals surface area contributed by atoms with E-state index >= 15 is 0 Å². The van der Waals surface area contributed by atoms with Gasteiger partial charge in [0.1, 0.15) is 0 Å². The van der Waals surface area contributed by atoms with Crippen LogP contribution in [0.5, 0.6) is 0 Å². The van der Waals surface area contributed by atoms with Gasteiger partial charge < -0.3 is 5.11 Å². The van der Waals surface area contributed by atoms with Crippen molar-refractivity contribution in [3.63, 3.8) is 0 Å². The van der Waals surface area contributed by atoms with Gasteiger partial charge in [0, 0.05) is 35.3 Å². The summed E-state index contributed by atoms with van der Waals surface area (Å²) >= 11 is 0. The minimum atomic E-state index is -4.73. The molecule has 0 aliphatic carbocycles. The van der Waals surface area contributed by atoms with Gasteiger partial charge in [-0.15, -0.1) is 0 Å². The highest BCUT2D eigenvalue weighted by Gasteiger charge is 2.36. The molecule has 8 nitrogen and oxygen atoms in total. The number of carboxylic acid groups (broad SMARTS) is 1. The van der Waals surface area contributed by atoms with E-state index in [2.05, 4.69) is 25.4 Å². The smallest absolute Gasteiger partial charge is 0.420 e. The maximum atomic E-state index is 13.6. The van der Waals surface area contributed by atoms with Crippen molar-refractivity contribution < 1.29 is 23.1 Å². The number of rotatable bonds is 3. The van der Waals surface area contributed by atoms with Crippen molar-refractivity contribution in [2.45, 2.75) is 6.18 Å². The highest BCUT2D eigenvalue weighted by molar-refractivity contribution is 5.95. The predicted molar refractivity (Wildman–Crippen MR) is 82.3 cm³/mol. The molecule has 0 saturated heterocycles. The van der Waals surface area contributed by atoms with Crippen LogP contribution in [-0.4, -0.2) is 40.9 Å². The Bertz CT molecular complexity index is 1100. The minimum Gasteiger partial charge on any atom is -0.476 e. The molecule has 0 aromatic carbocycles. The number of aromatic amines is 2. The third-order valence-corrected chi connectivity index (χ3v) is 3.83. The van der Waals surface area contributed by atoms with E-state index in [1.54, 1.807) is 0 Å². The summed E-state index contributed by atoms with van der Waals surface area (Å²) in [4.78, 5) is 15.3. The van der Waals surface area contributed by atoms with Crippen molar-refractivity contribution in [2.24, 2.45) is 0 Å². The molecule has 0 amide bonds. The van der Waals surface area contributed by atoms with E-state index in [4.69, 9.17) is 0 Å². The molecule has 132 valence electrons. The highest BCUT2D eigenvalue weighted by Crippen LogP contribution is 2.37. The van der Waals surface area contributed by atoms with Gasteiger partial charge in [0.25, 0.3) is 0 Å². The largest absolute Gasteiger partial charge is 0.476 e. The zero-order valence-corrected chi connectivity index (χ0v) is 12.7. The number of alkyl halides is 3. The lowest BCUT2D eigenvalue weighted by Crippen LogP contribution is -2.08. The standard InChI is InChI=1S/C15H9F3N6O2/c16-15(17,18)10-1-7(8-2-19-20-3-8)6-24-12(9-4-21-22-5-9)11(14(25)26)23-13(10)24/h1-6H,(H,19,20)(H,21,22)(H,25,26). The number of H-pyrrole nitrogens is 2. The molecular formula is C15H9F3N6O2. The van der Waals surface area contributed by atoms with Gasteiger partial charge in [-0.2, -0.15) is 23.4 Å². The molecule has 0 unspecified atom stereocenters. The average Bonchev–Trinajstić information content (AvgIpc) is 3.31. The minimum absolute atomic E-state index is 0.00269. The van der Waals surface area contributed by atoms with Crippen LogP contribution in [0.1, 0.15) is 16.1 Å². The van der Waals surface area contributed by atoms with Crippen molar-refractivity contribution >= 4 is 11.6 Å². The molecule has 4 aromatic rings. The topological polar surface area (TPSA) is 112 Å². The molecule has 0 radical (unpaired) electrons. The number of nitrogens with one attached hydrogen (secondary N) is 2. The quantitative estimate of drug-likeness (QED) is 0.519. The van der Waals surface area contributed by atoms with Crippen molar-refractivity contribution in [3.8, 4) is 22.4 Å². The summed E-state index contributed by atoms with van der Waals surface area (Å²) < 4.78 is 41.9. The van der Waals surface area contributed by atoms with Gasteiger partial charge in [-0.3, -0.25) is 14.6 Å². The van der Waals surface area contributed by atoms with E-state index in [0.29, 0.717) is 11.1 Å². The van der Waals surface area contributed by atoms with Crippen LogP contribution < -0.4 is 0 Å². The van der Waals surface area contributed by atoms with E-state index in [-0.39, 0.29) is 11.3 Å². The van der Waals surface area contributed by atoms with Gasteiger partial charge in [-0.05, 0) is 6.07 Å². The number of pyridine rings is 1. The Balaban J connectivity index is 2.14. The molecule has 0 saturated carbocycles. The first-order chi connectivity index (χ1) is 12.4. The fourth-order valence-corrected chi connectivity index (χ4v) is 2.73. The van der Waals surface area contributed by atoms with Gasteiger partial charge in [-0.25, -0.2) is 9.78 Å². The van der Waals surface area contributed by atoms with Crippen molar-refractivity contribution in [1.29, 1.82) is 0 Å². The fourth-order valence-electron chi connectivity index (χ4n) is 2.73. The summed E-state index contributed by atoms with van der Waals surface area (Å²) in [7, 11) is 0. The Kier molecular flexibility index (Phi) is 3.32. The average molecular weight is 362 g/mol. The second kappa shape index (κ2) is 5.44. The first-order valence-electron chi connectivity index (χ1n) is 7.21. The normalized spacial score (nSPS) is 12.0. The summed E-state index contributed by atoms with van der Waals surface area (Å²) in [5, 5.41) is 21.9. The molecule has 0 aliphatic heterocycles. The Morgan fingerprint density at radius 1 is 1.08 bits per heavy atom. The number of imidazole rings is 1. The molecule has 4 aromatic heterocycles. The van der Waals surface area contributed by atoms with Crippen LogP contribution in [-0.2, 0) is 6.18 Å². The van der Waals surface area contributed by atoms with E-state index in [1.807, 2.05) is 0 Å². The van der Waals surface area contributed by atoms with Crippen LogP contribution in [0.25, 0.3) is 28.0 Å². The van der Waals surface area contributed by atoms with Gasteiger partial charge >= 0.3 is 12.1 Å². The summed E-state index contributed by atoms with van der Waals surface area (Å²) in [6.45, 7) is 0. The van der Waals surface area contributed by atoms with Crippen LogP contribution in [0.2, 0.25) is 0 Å². The summed E-state index contributed by atoms with van der Waals surface area (Å²) in [5.74, 6) is -1.44. The molecule has 0 aliphatic rings. The Morgan fingerprint density at radius 2 is 1.73 bits per heavy atom. The zero-order valence-electron chi connectivity index (χ0n) is 12.7. The Morgan fingerprint density at radius 3 is 2.27 bits per heavy atom.